The molecule has 0 aromatic rings. The highest BCUT2D eigenvalue weighted by atomic mass is 16.1. The van der Waals surface area contributed by atoms with Crippen LogP contribution in [0.4, 0.5) is 0 Å². The number of carbonyl (C=O) groups is 1. The Morgan fingerprint density at radius 2 is 1.91 bits per heavy atom. The van der Waals surface area contributed by atoms with E-state index in [1.54, 1.807) is 6.92 Å². The van der Waals surface area contributed by atoms with Crippen molar-refractivity contribution in [1.82, 2.24) is 16.0 Å². The van der Waals surface area contributed by atoms with Crippen molar-refractivity contribution in [3.05, 3.63) is 145 Å². The Morgan fingerprint density at radius 1 is 1.14 bits per heavy atom. The van der Waals surface area contributed by atoms with E-state index in [0.717, 1.165) is 46.5 Å². The molecule has 0 saturated heterocycles. The molecule has 4 atom stereocenters. The number of aliphatic imine (C=N–C) groups is 1. The van der Waals surface area contributed by atoms with Crippen molar-refractivity contribution in [2.45, 2.75) is 46.1 Å². The first-order valence-corrected chi connectivity index (χ1v) is 15.3. The second-order valence-electron chi connectivity index (χ2n) is 11.7. The molecular weight excluding hydrogens is 542 g/mol. The molecule has 0 aromatic carbocycles. The third-order valence-electron chi connectivity index (χ3n) is 7.94. The Kier molecular flexibility index (Phi) is 12.6. The second kappa shape index (κ2) is 16.3. The van der Waals surface area contributed by atoms with Crippen LogP contribution in [0.5, 0.6) is 0 Å². The molecule has 1 fully saturated rings. The van der Waals surface area contributed by atoms with Crippen molar-refractivity contribution in [3.8, 4) is 0 Å². The lowest BCUT2D eigenvalue weighted by Crippen LogP contribution is -2.34. The van der Waals surface area contributed by atoms with E-state index in [1.165, 1.54) is 0 Å². The van der Waals surface area contributed by atoms with E-state index < -0.39 is 0 Å². The van der Waals surface area contributed by atoms with Crippen LogP contribution in [0.2, 0.25) is 0 Å². The Bertz CT molecular complexity index is 1420. The van der Waals surface area contributed by atoms with E-state index in [0.29, 0.717) is 54.5 Å². The van der Waals surface area contributed by atoms with E-state index >= 15 is 0 Å². The van der Waals surface area contributed by atoms with Gasteiger partial charge in [-0.15, -0.1) is 0 Å². The molecule has 0 heterocycles. The third kappa shape index (κ3) is 9.46. The molecule has 3 aliphatic rings. The van der Waals surface area contributed by atoms with Crippen LogP contribution in [0.1, 0.15) is 40.0 Å². The van der Waals surface area contributed by atoms with Crippen LogP contribution in [-0.4, -0.2) is 30.8 Å². The summed E-state index contributed by atoms with van der Waals surface area (Å²) < 4.78 is 0. The fraction of sp³-hybridized carbons (Fsp3) is 0.316. The zero-order valence-corrected chi connectivity index (χ0v) is 26.7. The number of nitrogens with zero attached hydrogens (tertiary/aromatic N) is 1. The van der Waals surface area contributed by atoms with E-state index in [9.17, 15) is 4.79 Å². The van der Waals surface area contributed by atoms with Crippen LogP contribution in [-0.2, 0) is 4.79 Å². The lowest BCUT2D eigenvalue weighted by Gasteiger charge is -2.27. The molecule has 0 aromatic heterocycles. The van der Waals surface area contributed by atoms with E-state index in [2.05, 4.69) is 97.2 Å². The van der Waals surface area contributed by atoms with Gasteiger partial charge < -0.3 is 21.7 Å². The van der Waals surface area contributed by atoms with Gasteiger partial charge in [0.1, 0.15) is 5.71 Å². The van der Waals surface area contributed by atoms with Crippen molar-refractivity contribution < 1.29 is 4.79 Å². The standard InChI is InChI=1S/C38H49N5O/c1-9-11-16-32-19-20-34(33(32)13-10-2)43-27(6)21-26(5)22-35(42-25(3)4)38(44)41-24-31-15-12-14-30(17-18-31)23-40-37-29(8)28(7)36(37)39/h9-18,22,31-34,40,43H,1,3,6-8,19-21,23-24,39H2,2,4-5H3,(H,41,44)/b13-10-,16-11+,26-22+,42-35?. The number of carbonyl (C=O) groups excluding carboxylic acids is 1. The van der Waals surface area contributed by atoms with E-state index in [1.807, 2.05) is 37.3 Å². The number of allylic oxidation sites excluding steroid dienone is 10. The Balaban J connectivity index is 1.55. The van der Waals surface area contributed by atoms with Gasteiger partial charge in [0.2, 0.25) is 0 Å². The fourth-order valence-electron chi connectivity index (χ4n) is 5.66. The predicted octanol–water partition coefficient (Wildman–Crippen LogP) is 6.78. The smallest absolute Gasteiger partial charge is 0.269 e. The molecular formula is C38H49N5O. The molecule has 3 rings (SSSR count). The van der Waals surface area contributed by atoms with Gasteiger partial charge in [0.05, 0.1) is 11.4 Å². The van der Waals surface area contributed by atoms with Crippen molar-refractivity contribution in [3.63, 3.8) is 0 Å². The quantitative estimate of drug-likeness (QED) is 0.0960. The highest BCUT2D eigenvalue weighted by Crippen LogP contribution is 2.35. The number of amides is 1. The summed E-state index contributed by atoms with van der Waals surface area (Å²) in [6, 6.07) is 0.317. The number of rotatable bonds is 15. The van der Waals surface area contributed by atoms with Gasteiger partial charge in [-0.3, -0.25) is 4.79 Å². The summed E-state index contributed by atoms with van der Waals surface area (Å²) in [7, 11) is 0. The average Bonchev–Trinajstić information content (AvgIpc) is 3.19. The monoisotopic (exact) mass is 591 g/mol. The van der Waals surface area contributed by atoms with Crippen molar-refractivity contribution in [2.24, 2.45) is 28.5 Å². The highest BCUT2D eigenvalue weighted by Gasteiger charge is 2.32. The fourth-order valence-corrected chi connectivity index (χ4v) is 5.66. The summed E-state index contributed by atoms with van der Waals surface area (Å²) in [5.41, 5.74) is 13.1. The molecule has 0 spiro atoms. The maximum Gasteiger partial charge on any atom is 0.269 e. The first kappa shape index (κ1) is 33.9. The maximum atomic E-state index is 13.2. The second-order valence-corrected chi connectivity index (χ2v) is 11.7. The number of nitrogens with two attached hydrogens (primary N) is 1. The zero-order valence-electron chi connectivity index (χ0n) is 26.7. The topological polar surface area (TPSA) is 91.5 Å². The Hall–Kier alpha value is -4.58. The lowest BCUT2D eigenvalue weighted by molar-refractivity contribution is -0.114. The summed E-state index contributed by atoms with van der Waals surface area (Å²) in [6.07, 6.45) is 25.4. The summed E-state index contributed by atoms with van der Waals surface area (Å²) in [5, 5.41) is 10.0. The number of hydrogen-bond donors (Lipinski definition) is 4. The van der Waals surface area contributed by atoms with Gasteiger partial charge in [-0.2, -0.15) is 0 Å². The summed E-state index contributed by atoms with van der Waals surface area (Å²) in [5.74, 6) is 0.681. The Labute approximate surface area is 264 Å². The van der Waals surface area contributed by atoms with Gasteiger partial charge >= 0.3 is 0 Å². The summed E-state index contributed by atoms with van der Waals surface area (Å²) in [4.78, 5) is 17.7. The van der Waals surface area contributed by atoms with Crippen LogP contribution in [0.15, 0.2) is 150 Å². The molecule has 6 nitrogen and oxygen atoms in total. The molecule has 5 N–H and O–H groups in total. The zero-order chi connectivity index (χ0) is 32.2. The maximum absolute atomic E-state index is 13.2. The molecule has 1 saturated carbocycles. The molecule has 1 amide bonds. The Morgan fingerprint density at radius 3 is 2.59 bits per heavy atom. The van der Waals surface area contributed by atoms with Crippen molar-refractivity contribution >= 4 is 11.6 Å². The largest absolute Gasteiger partial charge is 0.397 e. The average molecular weight is 592 g/mol. The lowest BCUT2D eigenvalue weighted by atomic mass is 9.90. The van der Waals surface area contributed by atoms with Gasteiger partial charge in [-0.25, -0.2) is 4.99 Å². The van der Waals surface area contributed by atoms with Crippen LogP contribution in [0.3, 0.4) is 0 Å². The minimum Gasteiger partial charge on any atom is -0.397 e. The molecule has 3 aliphatic carbocycles. The van der Waals surface area contributed by atoms with Crippen LogP contribution in [0, 0.1) is 17.8 Å². The summed E-state index contributed by atoms with van der Waals surface area (Å²) in [6.45, 7) is 26.8. The van der Waals surface area contributed by atoms with Gasteiger partial charge in [-0.1, -0.05) is 99.2 Å². The van der Waals surface area contributed by atoms with Gasteiger partial charge in [-0.05, 0) is 51.2 Å². The first-order valence-electron chi connectivity index (χ1n) is 15.3. The molecule has 0 bridgehead atoms. The van der Waals surface area contributed by atoms with E-state index in [4.69, 9.17) is 5.73 Å². The van der Waals surface area contributed by atoms with Crippen LogP contribution in [0.25, 0.3) is 0 Å². The third-order valence-corrected chi connectivity index (χ3v) is 7.94. The normalized spacial score (nSPS) is 23.9. The van der Waals surface area contributed by atoms with Gasteiger partial charge in [0.25, 0.3) is 5.91 Å². The molecule has 4 unspecified atom stereocenters. The molecule has 0 radical (unpaired) electrons. The molecule has 0 aliphatic heterocycles. The molecule has 6 heteroatoms. The minimum atomic E-state index is -0.237. The van der Waals surface area contributed by atoms with Gasteiger partial charge in [0.15, 0.2) is 0 Å². The highest BCUT2D eigenvalue weighted by molar-refractivity contribution is 6.43. The molecule has 44 heavy (non-hydrogen) atoms. The molecule has 232 valence electrons. The van der Waals surface area contributed by atoms with E-state index in [-0.39, 0.29) is 11.8 Å². The number of nitrogens with one attached hydrogen (secondary N) is 3. The SMILES string of the molecule is C=C/C=C/C1CCC(NC(=C)C/C(C)=C/C(=NC(=C)C)C(=O)NCC2C=CC=C(CNC3=C(N)C(=C)C3=C)C=C2)C1/C=C\C. The van der Waals surface area contributed by atoms with Crippen molar-refractivity contribution in [1.29, 1.82) is 0 Å². The number of hydrogen-bond acceptors (Lipinski definition) is 5. The van der Waals surface area contributed by atoms with Crippen molar-refractivity contribution in [2.75, 3.05) is 13.1 Å². The van der Waals surface area contributed by atoms with Gasteiger partial charge in [0, 0.05) is 59.9 Å². The van der Waals surface area contributed by atoms with Crippen LogP contribution < -0.4 is 21.7 Å². The minimum absolute atomic E-state index is 0.0391. The first-order chi connectivity index (χ1) is 21.0. The predicted molar refractivity (Wildman–Crippen MR) is 187 cm³/mol. The van der Waals surface area contributed by atoms with Crippen LogP contribution >= 0.6 is 0 Å². The summed E-state index contributed by atoms with van der Waals surface area (Å²) >= 11 is 0.